The van der Waals surface area contributed by atoms with Crippen LogP contribution in [0.1, 0.15) is 6.92 Å². The van der Waals surface area contributed by atoms with Gasteiger partial charge in [0.05, 0.1) is 12.7 Å². The molecule has 0 fully saturated rings. The molecule has 0 aromatic carbocycles. The second kappa shape index (κ2) is 11.8. The summed E-state index contributed by atoms with van der Waals surface area (Å²) in [5, 5.41) is 16.0. The Balaban J connectivity index is -0.000000566. The summed E-state index contributed by atoms with van der Waals surface area (Å²) in [5.74, 6) is 0. The van der Waals surface area contributed by atoms with E-state index in [1.54, 1.807) is 0 Å². The molecule has 240 valence electrons. The lowest BCUT2D eigenvalue weighted by Crippen LogP contribution is -2.70. The number of halogens is 18. The topological polar surface area (TPSA) is 149 Å². The van der Waals surface area contributed by atoms with Gasteiger partial charge >= 0.3 is 46.6 Å². The van der Waals surface area contributed by atoms with Gasteiger partial charge < -0.3 is 10.2 Å². The van der Waals surface area contributed by atoms with Gasteiger partial charge in [0.2, 0.25) is 0 Å². The van der Waals surface area contributed by atoms with Crippen LogP contribution in [0.15, 0.2) is 0 Å². The van der Waals surface area contributed by atoms with Crippen molar-refractivity contribution in [3.8, 4) is 0 Å². The van der Waals surface area contributed by atoms with Crippen LogP contribution in [0.5, 0.6) is 0 Å². The van der Waals surface area contributed by atoms with Crippen molar-refractivity contribution in [2.45, 2.75) is 59.6 Å². The molecule has 0 bridgehead atoms. The van der Waals surface area contributed by atoms with E-state index in [4.69, 9.17) is 19.3 Å². The number of rotatable bonds is 3. The molecule has 39 heavy (non-hydrogen) atoms. The van der Waals surface area contributed by atoms with Gasteiger partial charge in [-0.15, -0.1) is 0 Å². The molecule has 0 aromatic heterocycles. The maximum atomic E-state index is 11.9. The molecule has 4 N–H and O–H groups in total. The third-order valence-corrected chi connectivity index (χ3v) is 6.37. The van der Waals surface area contributed by atoms with Crippen LogP contribution in [0.2, 0.25) is 0 Å². The fourth-order valence-corrected chi connectivity index (χ4v) is 3.60. The lowest BCUT2D eigenvalue weighted by Gasteiger charge is -2.35. The fourth-order valence-electron chi connectivity index (χ4n) is 1.84. The molecule has 0 radical (unpaired) electrons. The van der Waals surface area contributed by atoms with Gasteiger partial charge in [0.25, 0.3) is 20.2 Å². The highest BCUT2D eigenvalue weighted by Crippen LogP contribution is 2.58. The van der Waals surface area contributed by atoms with Crippen molar-refractivity contribution in [1.29, 1.82) is 0 Å². The van der Waals surface area contributed by atoms with Gasteiger partial charge in [-0.3, -0.25) is 9.11 Å². The molecule has 0 saturated heterocycles. The van der Waals surface area contributed by atoms with Gasteiger partial charge in [-0.05, 0) is 6.92 Å². The van der Waals surface area contributed by atoms with Crippen LogP contribution in [0.4, 0.5) is 79.0 Å². The zero-order valence-electron chi connectivity index (χ0n) is 17.3. The van der Waals surface area contributed by atoms with Crippen LogP contribution in [0.3, 0.4) is 0 Å². The maximum absolute atomic E-state index is 11.9. The molecular weight excluding hydrogens is 666 g/mol. The van der Waals surface area contributed by atoms with E-state index in [0.29, 0.717) is 0 Å². The monoisotopic (exact) mass is 676 g/mol. The van der Waals surface area contributed by atoms with Crippen LogP contribution in [-0.4, -0.2) is 95.4 Å². The normalized spacial score (nSPS) is 16.0. The predicted octanol–water partition coefficient (Wildman–Crippen LogP) is 3.96. The van der Waals surface area contributed by atoms with E-state index < -0.39 is 72.9 Å². The Morgan fingerprint density at radius 1 is 0.487 bits per heavy atom. The summed E-state index contributed by atoms with van der Waals surface area (Å²) in [5.41, 5.74) is 0. The van der Waals surface area contributed by atoms with Gasteiger partial charge in [0.15, 0.2) is 0 Å². The Bertz CT molecular complexity index is 845. The van der Waals surface area contributed by atoms with Gasteiger partial charge in [-0.1, -0.05) is 0 Å². The average Bonchev–Trinajstić information content (AvgIpc) is 2.43. The molecule has 0 saturated carbocycles. The van der Waals surface area contributed by atoms with Gasteiger partial charge in [-0.25, -0.2) is 0 Å². The molecule has 28 heteroatoms. The summed E-state index contributed by atoms with van der Waals surface area (Å²) in [6, 6.07) is 0. The first-order chi connectivity index (χ1) is 16.3. The fraction of sp³-hybridized carbons (Fsp3) is 1.00. The lowest BCUT2D eigenvalue weighted by molar-refractivity contribution is -0.351. The molecule has 0 aromatic rings. The first-order valence-corrected chi connectivity index (χ1v) is 10.8. The van der Waals surface area contributed by atoms with Crippen LogP contribution >= 0.6 is 0 Å². The van der Waals surface area contributed by atoms with Crippen LogP contribution < -0.4 is 0 Å². The molecule has 1 unspecified atom stereocenters. The Hall–Kier alpha value is -1.52. The van der Waals surface area contributed by atoms with Crippen molar-refractivity contribution in [3.63, 3.8) is 0 Å². The highest BCUT2D eigenvalue weighted by molar-refractivity contribution is 7.87. The zero-order chi connectivity index (χ0) is 33.3. The second-order valence-electron chi connectivity index (χ2n) is 6.33. The molecule has 0 heterocycles. The molecule has 0 spiro atoms. The molecule has 0 aliphatic rings. The summed E-state index contributed by atoms with van der Waals surface area (Å²) >= 11 is 0. The first-order valence-electron chi connectivity index (χ1n) is 7.90. The second-order valence-corrected chi connectivity index (χ2v) is 9.46. The summed E-state index contributed by atoms with van der Waals surface area (Å²) < 4.78 is 255. The van der Waals surface area contributed by atoms with E-state index in [2.05, 4.69) is 0 Å². The molecular formula is C11H10F18O8S2. The number of aliphatic hydroxyl groups is 2. The summed E-state index contributed by atoms with van der Waals surface area (Å²) in [7, 11) is -15.1. The first kappa shape index (κ1) is 42.0. The summed E-state index contributed by atoms with van der Waals surface area (Å²) in [6.45, 7) is 1.39. The molecule has 8 nitrogen and oxygen atoms in total. The lowest BCUT2D eigenvalue weighted by atomic mass is 10.1. The third-order valence-electron chi connectivity index (χ3n) is 3.43. The Morgan fingerprint density at radius 3 is 0.590 bits per heavy atom. The van der Waals surface area contributed by atoms with Crippen molar-refractivity contribution < 1.29 is 115 Å². The van der Waals surface area contributed by atoms with E-state index in [1.807, 2.05) is 0 Å². The maximum Gasteiger partial charge on any atom is 0.428 e. The van der Waals surface area contributed by atoms with E-state index in [-0.39, 0.29) is 6.61 Å². The highest BCUT2D eigenvalue weighted by Gasteiger charge is 2.92. The molecule has 1 atom stereocenters. The van der Waals surface area contributed by atoms with Crippen molar-refractivity contribution in [3.05, 3.63) is 0 Å². The number of hydrogen-bond acceptors (Lipinski definition) is 6. The summed E-state index contributed by atoms with van der Waals surface area (Å²) in [4.78, 5) is 0. The van der Waals surface area contributed by atoms with Gasteiger partial charge in [0.1, 0.15) is 0 Å². The molecule has 0 rings (SSSR count). The zero-order valence-corrected chi connectivity index (χ0v) is 19.0. The Kier molecular flexibility index (Phi) is 12.7. The predicted molar refractivity (Wildman–Crippen MR) is 83.7 cm³/mol. The Labute approximate surface area is 202 Å². The quantitative estimate of drug-likeness (QED) is 0.260. The minimum atomic E-state index is -7.57. The molecule has 0 aliphatic heterocycles. The van der Waals surface area contributed by atoms with Gasteiger partial charge in [-0.2, -0.15) is 95.9 Å². The minimum Gasteiger partial charge on any atom is -0.394 e. The average molecular weight is 676 g/mol. The van der Waals surface area contributed by atoms with E-state index in [1.165, 1.54) is 6.92 Å². The molecule has 0 amide bonds. The van der Waals surface area contributed by atoms with Crippen molar-refractivity contribution in [2.75, 3.05) is 6.61 Å². The standard InChI is InChI=1S/2C4HF9O3S.C3H8O2/c2*5-2(6,7)1(3(8,9)10,4(11,12)13)17(14,15)16;1-3(5)2-4/h2*(H,14,15,16);3-5H,2H2,1H3. The highest BCUT2D eigenvalue weighted by atomic mass is 32.2. The smallest absolute Gasteiger partial charge is 0.394 e. The van der Waals surface area contributed by atoms with E-state index >= 15 is 0 Å². The molecule has 0 aliphatic carbocycles. The van der Waals surface area contributed by atoms with Crippen molar-refractivity contribution in [1.82, 2.24) is 0 Å². The van der Waals surface area contributed by atoms with Crippen LogP contribution in [0.25, 0.3) is 0 Å². The number of alkyl halides is 18. The Morgan fingerprint density at radius 2 is 0.590 bits per heavy atom. The third kappa shape index (κ3) is 8.26. The minimum absolute atomic E-state index is 0.139. The SMILES string of the molecule is CC(O)CO.O=S(=O)(O)C(C(F)(F)F)(C(F)(F)F)C(F)(F)F.O=S(=O)(O)C(C(F)(F)F)(C(F)(F)F)C(F)(F)F. The van der Waals surface area contributed by atoms with E-state index in [9.17, 15) is 95.9 Å². The van der Waals surface area contributed by atoms with Gasteiger partial charge in [0, 0.05) is 0 Å². The summed E-state index contributed by atoms with van der Waals surface area (Å²) in [6.07, 6.45) is -44.5. The van der Waals surface area contributed by atoms with Crippen LogP contribution in [0, 0.1) is 0 Å². The van der Waals surface area contributed by atoms with E-state index in [0.717, 1.165) is 0 Å². The van der Waals surface area contributed by atoms with Crippen LogP contribution in [-0.2, 0) is 20.2 Å². The number of aliphatic hydroxyl groups excluding tert-OH is 2. The number of hydrogen-bond donors (Lipinski definition) is 4. The van der Waals surface area contributed by atoms with Crippen molar-refractivity contribution >= 4 is 20.2 Å². The largest absolute Gasteiger partial charge is 0.428 e. The van der Waals surface area contributed by atoms with Crippen molar-refractivity contribution in [2.24, 2.45) is 0 Å².